The van der Waals surface area contributed by atoms with Crippen molar-refractivity contribution in [2.45, 2.75) is 0 Å². The van der Waals surface area contributed by atoms with E-state index in [1.807, 2.05) is 6.07 Å². The van der Waals surface area contributed by atoms with Gasteiger partial charge in [-0.05, 0) is 45.8 Å². The molecule has 0 amide bonds. The zero-order chi connectivity index (χ0) is 25.5. The third-order valence-corrected chi connectivity index (χ3v) is 8.49. The number of hydrogen-bond donors (Lipinski definition) is 0. The molecule has 0 atom stereocenters. The number of furan rings is 1. The summed E-state index contributed by atoms with van der Waals surface area (Å²) < 4.78 is 6.43. The molecule has 0 fully saturated rings. The molecule has 0 radical (unpaired) electrons. The van der Waals surface area contributed by atoms with Crippen LogP contribution in [-0.4, -0.2) is 6.85 Å². The number of hydrogen-bond acceptors (Lipinski definition) is 2. The van der Waals surface area contributed by atoms with Crippen LogP contribution < -0.4 is 15.7 Å². The summed E-state index contributed by atoms with van der Waals surface area (Å²) in [4.78, 5) is 2.55. The van der Waals surface area contributed by atoms with E-state index in [0.717, 1.165) is 33.1 Å². The molecule has 180 valence electrons. The lowest BCUT2D eigenvalue weighted by Gasteiger charge is -2.43. The minimum atomic E-state index is 0.108. The van der Waals surface area contributed by atoms with Gasteiger partial charge in [-0.1, -0.05) is 115 Å². The highest BCUT2D eigenvalue weighted by Crippen LogP contribution is 2.47. The number of anilines is 2. The molecular formula is C36H22BNO. The van der Waals surface area contributed by atoms with Gasteiger partial charge in [0, 0.05) is 38.8 Å². The average Bonchev–Trinajstić information content (AvgIpc) is 3.39. The molecule has 9 rings (SSSR count). The maximum Gasteiger partial charge on any atom is 0.329 e. The predicted molar refractivity (Wildman–Crippen MR) is 164 cm³/mol. The van der Waals surface area contributed by atoms with E-state index in [9.17, 15) is 0 Å². The topological polar surface area (TPSA) is 16.4 Å². The third kappa shape index (κ3) is 2.82. The number of fused-ring (bicyclic) bond motifs is 14. The molecule has 7 aromatic rings. The summed E-state index contributed by atoms with van der Waals surface area (Å²) in [6.45, 7) is 0.108. The van der Waals surface area contributed by atoms with Crippen LogP contribution in [0.2, 0.25) is 0 Å². The Morgan fingerprint density at radius 1 is 0.462 bits per heavy atom. The van der Waals surface area contributed by atoms with Crippen LogP contribution in [-0.2, 0) is 0 Å². The average molecular weight is 495 g/mol. The van der Waals surface area contributed by atoms with Gasteiger partial charge >= 0.3 is 6.85 Å². The highest BCUT2D eigenvalue weighted by atomic mass is 16.3. The zero-order valence-electron chi connectivity index (χ0n) is 21.1. The zero-order valence-corrected chi connectivity index (χ0v) is 21.1. The first-order valence-electron chi connectivity index (χ1n) is 13.5. The van der Waals surface area contributed by atoms with Gasteiger partial charge in [-0.3, -0.25) is 0 Å². The molecule has 0 bridgehead atoms. The molecule has 0 aliphatic carbocycles. The van der Waals surface area contributed by atoms with Crippen molar-refractivity contribution < 1.29 is 4.42 Å². The summed E-state index contributed by atoms with van der Waals surface area (Å²) in [5.41, 5.74) is 14.5. The van der Waals surface area contributed by atoms with E-state index in [2.05, 4.69) is 132 Å². The van der Waals surface area contributed by atoms with E-state index in [1.165, 1.54) is 44.6 Å². The monoisotopic (exact) mass is 495 g/mol. The van der Waals surface area contributed by atoms with E-state index < -0.39 is 0 Å². The lowest BCUT2D eigenvalue weighted by molar-refractivity contribution is 0.670. The molecule has 1 aromatic heterocycles. The Bertz CT molecular complexity index is 2110. The fraction of sp³-hybridized carbons (Fsp3) is 0. The Morgan fingerprint density at radius 3 is 1.90 bits per heavy atom. The van der Waals surface area contributed by atoms with Crippen LogP contribution in [0.4, 0.5) is 11.4 Å². The van der Waals surface area contributed by atoms with Gasteiger partial charge in [0.2, 0.25) is 0 Å². The van der Waals surface area contributed by atoms with Crippen molar-refractivity contribution in [1.82, 2.24) is 0 Å². The van der Waals surface area contributed by atoms with Crippen LogP contribution in [0.15, 0.2) is 138 Å². The Morgan fingerprint density at radius 2 is 1.08 bits per heavy atom. The van der Waals surface area contributed by atoms with Gasteiger partial charge in [-0.15, -0.1) is 0 Å². The lowest BCUT2D eigenvalue weighted by Crippen LogP contribution is -2.59. The van der Waals surface area contributed by atoms with Crippen LogP contribution in [0.1, 0.15) is 0 Å². The van der Waals surface area contributed by atoms with Crippen molar-refractivity contribution in [3.8, 4) is 33.4 Å². The van der Waals surface area contributed by atoms with E-state index in [4.69, 9.17) is 4.42 Å². The van der Waals surface area contributed by atoms with Crippen molar-refractivity contribution >= 4 is 51.1 Å². The Hall–Kier alpha value is -5.02. The second kappa shape index (κ2) is 7.75. The lowest BCUT2D eigenvalue weighted by atomic mass is 9.43. The van der Waals surface area contributed by atoms with Crippen molar-refractivity contribution in [2.75, 3.05) is 4.81 Å². The first-order valence-corrected chi connectivity index (χ1v) is 13.5. The van der Waals surface area contributed by atoms with Crippen molar-refractivity contribution in [2.24, 2.45) is 0 Å². The van der Waals surface area contributed by atoms with Gasteiger partial charge in [0.25, 0.3) is 0 Å². The van der Waals surface area contributed by atoms with E-state index >= 15 is 0 Å². The maximum absolute atomic E-state index is 6.43. The van der Waals surface area contributed by atoms with Crippen LogP contribution in [0.25, 0.3) is 55.3 Å². The van der Waals surface area contributed by atoms with Crippen molar-refractivity contribution in [1.29, 1.82) is 0 Å². The number of rotatable bonds is 1. The van der Waals surface area contributed by atoms with Crippen LogP contribution >= 0.6 is 0 Å². The van der Waals surface area contributed by atoms with Gasteiger partial charge in [0.15, 0.2) is 0 Å². The van der Waals surface area contributed by atoms with Gasteiger partial charge in [-0.25, -0.2) is 0 Å². The van der Waals surface area contributed by atoms with Crippen LogP contribution in [0, 0.1) is 0 Å². The SMILES string of the molecule is c1ccc2c(c1)B1c3ccccc3-c3ccc(-c4cccc5c4oc4ccccc45)cc3N1c1ccccc1-2. The van der Waals surface area contributed by atoms with Gasteiger partial charge in [-0.2, -0.15) is 0 Å². The number of benzene rings is 6. The maximum atomic E-state index is 6.43. The van der Waals surface area contributed by atoms with Crippen LogP contribution in [0.5, 0.6) is 0 Å². The van der Waals surface area contributed by atoms with Gasteiger partial charge < -0.3 is 9.23 Å². The van der Waals surface area contributed by atoms with Gasteiger partial charge in [0.05, 0.1) is 0 Å². The summed E-state index contributed by atoms with van der Waals surface area (Å²) in [6.07, 6.45) is 0. The first-order chi connectivity index (χ1) is 19.4. The normalized spacial score (nSPS) is 13.0. The van der Waals surface area contributed by atoms with Crippen molar-refractivity contribution in [3.63, 3.8) is 0 Å². The molecule has 39 heavy (non-hydrogen) atoms. The van der Waals surface area contributed by atoms with Crippen LogP contribution in [0.3, 0.4) is 0 Å². The summed E-state index contributed by atoms with van der Waals surface area (Å²) in [5.74, 6) is 0. The highest BCUT2D eigenvalue weighted by molar-refractivity contribution is 6.92. The fourth-order valence-electron chi connectivity index (χ4n) is 6.83. The molecule has 2 aliphatic heterocycles. The third-order valence-electron chi connectivity index (χ3n) is 8.49. The number of para-hydroxylation sites is 3. The fourth-order valence-corrected chi connectivity index (χ4v) is 6.83. The molecule has 0 spiro atoms. The second-order valence-corrected chi connectivity index (χ2v) is 10.5. The van der Waals surface area contributed by atoms with E-state index in [-0.39, 0.29) is 6.85 Å². The minimum absolute atomic E-state index is 0.108. The number of nitrogens with zero attached hydrogens (tertiary/aromatic N) is 1. The van der Waals surface area contributed by atoms with Crippen molar-refractivity contribution in [3.05, 3.63) is 133 Å². The smallest absolute Gasteiger partial charge is 0.329 e. The first kappa shape index (κ1) is 21.0. The molecular weight excluding hydrogens is 473 g/mol. The molecule has 2 nitrogen and oxygen atoms in total. The molecule has 0 saturated heterocycles. The molecule has 3 heteroatoms. The summed E-state index contributed by atoms with van der Waals surface area (Å²) in [6, 6.07) is 48.3. The summed E-state index contributed by atoms with van der Waals surface area (Å²) in [5, 5.41) is 2.31. The molecule has 0 saturated carbocycles. The predicted octanol–water partition coefficient (Wildman–Crippen LogP) is 8.16. The Balaban J connectivity index is 1.34. The Kier molecular flexibility index (Phi) is 4.17. The van der Waals surface area contributed by atoms with Gasteiger partial charge in [0.1, 0.15) is 11.2 Å². The molecule has 6 aromatic carbocycles. The van der Waals surface area contributed by atoms with E-state index in [0.29, 0.717) is 0 Å². The summed E-state index contributed by atoms with van der Waals surface area (Å²) in [7, 11) is 0. The molecule has 2 aliphatic rings. The Labute approximate surface area is 226 Å². The van der Waals surface area contributed by atoms with E-state index in [1.54, 1.807) is 0 Å². The molecule has 0 N–H and O–H groups in total. The largest absolute Gasteiger partial charge is 0.455 e. The summed E-state index contributed by atoms with van der Waals surface area (Å²) >= 11 is 0. The molecule has 3 heterocycles. The highest BCUT2D eigenvalue weighted by Gasteiger charge is 2.41. The molecule has 0 unspecified atom stereocenters. The quantitative estimate of drug-likeness (QED) is 0.214. The second-order valence-electron chi connectivity index (χ2n) is 10.5. The standard InChI is InChI=1S/C36H22BNO/c1-5-16-31-25(10-1)27-12-3-7-18-33(27)38-34-22-23(20-21-28(34)26-11-2-6-17-32(26)37(31)38)24-14-9-15-30-29-13-4-8-19-35(29)39-36(24)30/h1-22H. The minimum Gasteiger partial charge on any atom is -0.455 e.